The van der Waals surface area contributed by atoms with E-state index in [-0.39, 0.29) is 24.1 Å². The monoisotopic (exact) mass is 345 g/mol. The zero-order chi connectivity index (χ0) is 17.6. The summed E-state index contributed by atoms with van der Waals surface area (Å²) in [5, 5.41) is 13.2. The summed E-state index contributed by atoms with van der Waals surface area (Å²) in [6, 6.07) is 10.6. The maximum atomic E-state index is 12.6. The van der Waals surface area contributed by atoms with Crippen molar-refractivity contribution in [1.29, 1.82) is 0 Å². The lowest BCUT2D eigenvalue weighted by atomic mass is 10.1. The van der Waals surface area contributed by atoms with Gasteiger partial charge in [-0.15, -0.1) is 0 Å². The number of rotatable bonds is 7. The highest BCUT2D eigenvalue weighted by atomic mass is 16.3. The topological polar surface area (TPSA) is 55.8 Å². The van der Waals surface area contributed by atoms with E-state index in [0.717, 1.165) is 45.3 Å². The molecule has 0 radical (unpaired) electrons. The molecule has 2 aliphatic rings. The molecule has 3 rings (SSSR count). The van der Waals surface area contributed by atoms with Gasteiger partial charge < -0.3 is 10.4 Å². The number of amides is 1. The average Bonchev–Trinajstić information content (AvgIpc) is 3.20. The van der Waals surface area contributed by atoms with Gasteiger partial charge in [0.2, 0.25) is 5.91 Å². The van der Waals surface area contributed by atoms with Crippen LogP contribution in [0.2, 0.25) is 0 Å². The van der Waals surface area contributed by atoms with Crippen LogP contribution in [0.25, 0.3) is 0 Å². The van der Waals surface area contributed by atoms with Crippen molar-refractivity contribution in [3.63, 3.8) is 0 Å². The van der Waals surface area contributed by atoms with Crippen LogP contribution in [0, 0.1) is 0 Å². The SMILES string of the molecule is CCCN1CCCC1C(=O)NCC1CC(O)CN1Cc1ccccc1. The number of nitrogens with one attached hydrogen (secondary N) is 1. The van der Waals surface area contributed by atoms with Gasteiger partial charge in [-0.2, -0.15) is 0 Å². The lowest BCUT2D eigenvalue weighted by Crippen LogP contribution is -2.47. The van der Waals surface area contributed by atoms with Crippen LogP contribution in [0.3, 0.4) is 0 Å². The van der Waals surface area contributed by atoms with Gasteiger partial charge in [0, 0.05) is 25.7 Å². The van der Waals surface area contributed by atoms with Crippen LogP contribution in [-0.4, -0.2) is 65.2 Å². The molecule has 0 aromatic heterocycles. The van der Waals surface area contributed by atoms with E-state index in [0.29, 0.717) is 13.1 Å². The second kappa shape index (κ2) is 8.79. The molecule has 3 atom stereocenters. The van der Waals surface area contributed by atoms with E-state index in [1.165, 1.54) is 5.56 Å². The molecule has 0 aliphatic carbocycles. The Morgan fingerprint density at radius 1 is 1.28 bits per heavy atom. The molecule has 2 heterocycles. The van der Waals surface area contributed by atoms with E-state index in [1.807, 2.05) is 18.2 Å². The fourth-order valence-corrected chi connectivity index (χ4v) is 4.20. The molecule has 2 aliphatic heterocycles. The number of β-amino-alcohol motifs (C(OH)–C–C–N with tert-alkyl or cyclic N) is 1. The Labute approximate surface area is 151 Å². The Morgan fingerprint density at radius 3 is 2.84 bits per heavy atom. The van der Waals surface area contributed by atoms with Gasteiger partial charge in [0.25, 0.3) is 0 Å². The van der Waals surface area contributed by atoms with Gasteiger partial charge in [0.15, 0.2) is 0 Å². The normalized spacial score (nSPS) is 27.7. The van der Waals surface area contributed by atoms with Gasteiger partial charge >= 0.3 is 0 Å². The molecule has 2 fully saturated rings. The Bertz CT molecular complexity index is 551. The first-order valence-electron chi connectivity index (χ1n) is 9.65. The Kier molecular flexibility index (Phi) is 6.45. The minimum Gasteiger partial charge on any atom is -0.392 e. The third-order valence-corrected chi connectivity index (χ3v) is 5.42. The maximum absolute atomic E-state index is 12.6. The van der Waals surface area contributed by atoms with Crippen molar-refractivity contribution in [3.05, 3.63) is 35.9 Å². The Hall–Kier alpha value is -1.43. The second-order valence-electron chi connectivity index (χ2n) is 7.40. The number of hydrogen-bond donors (Lipinski definition) is 2. The van der Waals surface area contributed by atoms with E-state index >= 15 is 0 Å². The maximum Gasteiger partial charge on any atom is 0.237 e. The molecule has 0 bridgehead atoms. The molecular weight excluding hydrogens is 314 g/mol. The minimum atomic E-state index is -0.298. The number of carbonyl (C=O) groups is 1. The van der Waals surface area contributed by atoms with E-state index in [2.05, 4.69) is 34.2 Å². The highest BCUT2D eigenvalue weighted by molar-refractivity contribution is 5.82. The number of nitrogens with zero attached hydrogens (tertiary/aromatic N) is 2. The minimum absolute atomic E-state index is 0.0360. The molecule has 0 saturated carbocycles. The molecule has 1 aromatic carbocycles. The zero-order valence-electron chi connectivity index (χ0n) is 15.2. The van der Waals surface area contributed by atoms with E-state index in [4.69, 9.17) is 0 Å². The summed E-state index contributed by atoms with van der Waals surface area (Å²) in [4.78, 5) is 17.2. The van der Waals surface area contributed by atoms with Gasteiger partial charge in [0.05, 0.1) is 12.1 Å². The standard InChI is InChI=1S/C20H31N3O2/c1-2-10-22-11-6-9-19(22)20(25)21-13-17-12-18(24)15-23(17)14-16-7-4-3-5-8-16/h3-5,7-8,17-19,24H,2,6,9-15H2,1H3,(H,21,25). The smallest absolute Gasteiger partial charge is 0.237 e. The number of hydrogen-bond acceptors (Lipinski definition) is 4. The van der Waals surface area contributed by atoms with Crippen LogP contribution >= 0.6 is 0 Å². The Morgan fingerprint density at radius 2 is 2.08 bits per heavy atom. The molecule has 5 nitrogen and oxygen atoms in total. The lowest BCUT2D eigenvalue weighted by Gasteiger charge is -2.27. The van der Waals surface area contributed by atoms with Gasteiger partial charge in [-0.3, -0.25) is 14.6 Å². The molecule has 138 valence electrons. The van der Waals surface area contributed by atoms with Crippen LogP contribution in [0.5, 0.6) is 0 Å². The highest BCUT2D eigenvalue weighted by Crippen LogP contribution is 2.21. The molecular formula is C20H31N3O2. The highest BCUT2D eigenvalue weighted by Gasteiger charge is 2.33. The van der Waals surface area contributed by atoms with E-state index < -0.39 is 0 Å². The first-order valence-corrected chi connectivity index (χ1v) is 9.65. The molecule has 25 heavy (non-hydrogen) atoms. The predicted octanol–water partition coefficient (Wildman–Crippen LogP) is 1.61. The fourth-order valence-electron chi connectivity index (χ4n) is 4.20. The Balaban J connectivity index is 1.53. The van der Waals surface area contributed by atoms with Crippen molar-refractivity contribution >= 4 is 5.91 Å². The van der Waals surface area contributed by atoms with Crippen molar-refractivity contribution in [2.45, 2.75) is 57.3 Å². The van der Waals surface area contributed by atoms with Gasteiger partial charge in [-0.25, -0.2) is 0 Å². The fraction of sp³-hybridized carbons (Fsp3) is 0.650. The van der Waals surface area contributed by atoms with Crippen LogP contribution in [0.1, 0.15) is 38.2 Å². The van der Waals surface area contributed by atoms with Crippen molar-refractivity contribution < 1.29 is 9.90 Å². The summed E-state index contributed by atoms with van der Waals surface area (Å²) in [6.45, 7) is 6.33. The molecule has 2 saturated heterocycles. The quantitative estimate of drug-likeness (QED) is 0.788. The first kappa shape index (κ1) is 18.4. The average molecular weight is 345 g/mol. The van der Waals surface area contributed by atoms with Crippen LogP contribution in [0.15, 0.2) is 30.3 Å². The van der Waals surface area contributed by atoms with Crippen LogP contribution < -0.4 is 5.32 Å². The molecule has 5 heteroatoms. The number of likely N-dealkylation sites (tertiary alicyclic amines) is 2. The summed E-state index contributed by atoms with van der Waals surface area (Å²) in [5.74, 6) is 0.159. The lowest BCUT2D eigenvalue weighted by molar-refractivity contribution is -0.125. The van der Waals surface area contributed by atoms with Gasteiger partial charge in [-0.05, 0) is 44.3 Å². The summed E-state index contributed by atoms with van der Waals surface area (Å²) < 4.78 is 0. The van der Waals surface area contributed by atoms with Crippen molar-refractivity contribution in [2.24, 2.45) is 0 Å². The summed E-state index contributed by atoms with van der Waals surface area (Å²) in [5.41, 5.74) is 1.25. The molecule has 2 N–H and O–H groups in total. The van der Waals surface area contributed by atoms with Gasteiger partial charge in [0.1, 0.15) is 0 Å². The molecule has 1 amide bonds. The number of benzene rings is 1. The van der Waals surface area contributed by atoms with Gasteiger partial charge in [-0.1, -0.05) is 37.3 Å². The second-order valence-corrected chi connectivity index (χ2v) is 7.40. The van der Waals surface area contributed by atoms with Crippen molar-refractivity contribution in [1.82, 2.24) is 15.1 Å². The summed E-state index contributed by atoms with van der Waals surface area (Å²) in [6.07, 6.45) is 3.60. The third kappa shape index (κ3) is 4.81. The van der Waals surface area contributed by atoms with Crippen molar-refractivity contribution in [2.75, 3.05) is 26.2 Å². The number of aliphatic hydroxyl groups excluding tert-OH is 1. The number of carbonyl (C=O) groups excluding carboxylic acids is 1. The largest absolute Gasteiger partial charge is 0.392 e. The first-order chi connectivity index (χ1) is 12.2. The van der Waals surface area contributed by atoms with Crippen LogP contribution in [-0.2, 0) is 11.3 Å². The zero-order valence-corrected chi connectivity index (χ0v) is 15.2. The number of aliphatic hydroxyl groups is 1. The molecule has 0 spiro atoms. The summed E-state index contributed by atoms with van der Waals surface area (Å²) >= 11 is 0. The van der Waals surface area contributed by atoms with E-state index in [9.17, 15) is 9.90 Å². The predicted molar refractivity (Wildman–Crippen MR) is 99.2 cm³/mol. The summed E-state index contributed by atoms with van der Waals surface area (Å²) in [7, 11) is 0. The van der Waals surface area contributed by atoms with Crippen molar-refractivity contribution in [3.8, 4) is 0 Å². The third-order valence-electron chi connectivity index (χ3n) is 5.42. The van der Waals surface area contributed by atoms with E-state index in [1.54, 1.807) is 0 Å². The molecule has 3 unspecified atom stereocenters. The van der Waals surface area contributed by atoms with Crippen LogP contribution in [0.4, 0.5) is 0 Å². The molecule has 1 aromatic rings.